The van der Waals surface area contributed by atoms with Crippen molar-refractivity contribution in [3.8, 4) is 0 Å². The Labute approximate surface area is 258 Å². The molecule has 1 heterocycles. The Balaban J connectivity index is 2.97. The Bertz CT molecular complexity index is 927. The lowest BCUT2D eigenvalue weighted by Gasteiger charge is -2.22. The highest BCUT2D eigenvalue weighted by Gasteiger charge is 2.25. The molecule has 0 saturated carbocycles. The Morgan fingerprint density at radius 1 is 0.953 bits per heavy atom. The molecule has 0 aromatic rings. The van der Waals surface area contributed by atoms with Gasteiger partial charge in [0.2, 0.25) is 0 Å². The van der Waals surface area contributed by atoms with Gasteiger partial charge in [-0.3, -0.25) is 9.59 Å². The molecule has 1 rings (SSSR count). The van der Waals surface area contributed by atoms with Crippen LogP contribution in [0.1, 0.15) is 111 Å². The van der Waals surface area contributed by atoms with E-state index < -0.39 is 36.3 Å². The quantitative estimate of drug-likeness (QED) is 0.294. The number of ether oxygens (including phenoxy) is 1. The number of cyclic esters (lactones) is 1. The number of hydrogen-bond donors (Lipinski definition) is 5. The van der Waals surface area contributed by atoms with Gasteiger partial charge in [-0.25, -0.2) is 4.79 Å². The topological polar surface area (TPSA) is 153 Å². The largest absolute Gasteiger partial charge is 0.449 e. The van der Waals surface area contributed by atoms with E-state index in [0.717, 1.165) is 38.5 Å². The van der Waals surface area contributed by atoms with E-state index in [1.807, 2.05) is 32.1 Å². The van der Waals surface area contributed by atoms with Crippen molar-refractivity contribution in [3.05, 3.63) is 35.5 Å². The average molecular weight is 608 g/mol. The lowest BCUT2D eigenvalue weighted by atomic mass is 9.95. The predicted octanol–water partition coefficient (Wildman–Crippen LogP) is 4.46. The maximum absolute atomic E-state index is 12.8. The molecule has 246 valence electrons. The molecule has 0 aromatic heterocycles. The van der Waals surface area contributed by atoms with Gasteiger partial charge in [0.1, 0.15) is 5.78 Å². The molecule has 43 heavy (non-hydrogen) atoms. The van der Waals surface area contributed by atoms with E-state index in [9.17, 15) is 34.8 Å². The molecule has 0 radical (unpaired) electrons. The van der Waals surface area contributed by atoms with Crippen LogP contribution in [0.3, 0.4) is 0 Å². The number of hydrogen-bond acceptors (Lipinski definition) is 8. The Morgan fingerprint density at radius 2 is 1.67 bits per heavy atom. The summed E-state index contributed by atoms with van der Waals surface area (Å²) in [6.07, 6.45) is 10.8. The fourth-order valence-electron chi connectivity index (χ4n) is 5.16. The maximum atomic E-state index is 12.8. The zero-order valence-corrected chi connectivity index (χ0v) is 26.8. The summed E-state index contributed by atoms with van der Waals surface area (Å²) in [5.41, 5.74) is 1.13. The zero-order chi connectivity index (χ0) is 32.2. The minimum atomic E-state index is -1.22. The van der Waals surface area contributed by atoms with Gasteiger partial charge in [-0.2, -0.15) is 0 Å². The van der Waals surface area contributed by atoms with Crippen LogP contribution in [-0.2, 0) is 19.1 Å². The second-order valence-corrected chi connectivity index (χ2v) is 12.0. The fourth-order valence-corrected chi connectivity index (χ4v) is 5.16. The highest BCUT2D eigenvalue weighted by molar-refractivity contribution is 5.91. The van der Waals surface area contributed by atoms with Crippen molar-refractivity contribution < 1.29 is 39.5 Å². The van der Waals surface area contributed by atoms with Gasteiger partial charge in [-0.1, -0.05) is 57.9 Å². The molecular formula is C34H57NO8. The van der Waals surface area contributed by atoms with Crippen molar-refractivity contribution in [2.45, 2.75) is 136 Å². The van der Waals surface area contributed by atoms with Crippen LogP contribution in [0.5, 0.6) is 0 Å². The molecule has 1 aliphatic rings. The molecule has 1 amide bonds. The van der Waals surface area contributed by atoms with Gasteiger partial charge in [0.15, 0.2) is 6.10 Å². The van der Waals surface area contributed by atoms with Crippen LogP contribution in [0.15, 0.2) is 35.5 Å². The molecule has 0 fully saturated rings. The third-order valence-electron chi connectivity index (χ3n) is 8.02. The first-order chi connectivity index (χ1) is 20.5. The molecule has 9 nitrogen and oxygen atoms in total. The normalized spacial score (nSPS) is 32.6. The van der Waals surface area contributed by atoms with Crippen molar-refractivity contribution in [2.75, 3.05) is 13.2 Å². The summed E-state index contributed by atoms with van der Waals surface area (Å²) >= 11 is 0. The number of carbonyl (C=O) groups is 3. The number of β-amino-alcohol motifs (C(OH)–C–C–N with tert-alkyl or cyclic N) is 1. The van der Waals surface area contributed by atoms with Crippen LogP contribution in [0.2, 0.25) is 0 Å². The van der Waals surface area contributed by atoms with Gasteiger partial charge in [0.05, 0.1) is 24.9 Å². The number of aliphatic hydroxyl groups is 4. The number of carbonyl (C=O) groups excluding carboxylic acids is 3. The van der Waals surface area contributed by atoms with Crippen LogP contribution < -0.4 is 5.32 Å². The SMILES string of the molecule is CCCC1OC(=O)/C(C)=C\[C@H](C)CCCCC(=O)CCC[C@@H](CC)/C=C/C=C(\CO)CC[C@@H](O)[C@@H](O)C[C@H](O)CNC1=O. The minimum absolute atomic E-state index is 0.113. The second-order valence-electron chi connectivity index (χ2n) is 12.0. The van der Waals surface area contributed by atoms with E-state index in [-0.39, 0.29) is 37.7 Å². The fraction of sp³-hybridized carbons (Fsp3) is 0.735. The van der Waals surface area contributed by atoms with Crippen molar-refractivity contribution >= 4 is 17.7 Å². The van der Waals surface area contributed by atoms with Crippen molar-refractivity contribution in [2.24, 2.45) is 11.8 Å². The second kappa shape index (κ2) is 22.2. The van der Waals surface area contributed by atoms with E-state index in [0.29, 0.717) is 49.2 Å². The van der Waals surface area contributed by atoms with Gasteiger partial charge in [0, 0.05) is 31.4 Å². The van der Waals surface area contributed by atoms with E-state index in [2.05, 4.69) is 18.3 Å². The Kier molecular flexibility index (Phi) is 20.0. The van der Waals surface area contributed by atoms with Gasteiger partial charge >= 0.3 is 5.97 Å². The Hall–Kier alpha value is -2.33. The lowest BCUT2D eigenvalue weighted by Crippen LogP contribution is -2.42. The molecule has 1 aliphatic heterocycles. The molecule has 1 unspecified atom stereocenters. The third kappa shape index (κ3) is 16.9. The molecule has 0 aromatic carbocycles. The summed E-state index contributed by atoms with van der Waals surface area (Å²) in [7, 11) is 0. The number of amides is 1. The minimum Gasteiger partial charge on any atom is -0.449 e. The van der Waals surface area contributed by atoms with Crippen molar-refractivity contribution in [3.63, 3.8) is 0 Å². The first-order valence-electron chi connectivity index (χ1n) is 16.2. The zero-order valence-electron chi connectivity index (χ0n) is 26.8. The Morgan fingerprint density at radius 3 is 2.35 bits per heavy atom. The van der Waals surface area contributed by atoms with E-state index >= 15 is 0 Å². The van der Waals surface area contributed by atoms with E-state index in [4.69, 9.17) is 4.74 Å². The summed E-state index contributed by atoms with van der Waals surface area (Å²) < 4.78 is 5.50. The number of rotatable bonds is 4. The molecule has 0 saturated heterocycles. The lowest BCUT2D eigenvalue weighted by molar-refractivity contribution is -0.152. The first kappa shape index (κ1) is 38.7. The van der Waals surface area contributed by atoms with Crippen LogP contribution in [0.25, 0.3) is 0 Å². The van der Waals surface area contributed by atoms with Gasteiger partial charge in [-0.15, -0.1) is 0 Å². The molecule has 6 atom stereocenters. The molecule has 0 spiro atoms. The number of ketones is 1. The van der Waals surface area contributed by atoms with Crippen molar-refractivity contribution in [1.29, 1.82) is 0 Å². The van der Waals surface area contributed by atoms with Gasteiger partial charge in [0.25, 0.3) is 5.91 Å². The third-order valence-corrected chi connectivity index (χ3v) is 8.02. The smallest absolute Gasteiger partial charge is 0.334 e. The van der Waals surface area contributed by atoms with E-state index in [1.54, 1.807) is 6.92 Å². The van der Waals surface area contributed by atoms with Crippen LogP contribution in [0.4, 0.5) is 0 Å². The summed E-state index contributed by atoms with van der Waals surface area (Å²) in [5.74, 6) is -0.392. The number of esters is 1. The van der Waals surface area contributed by atoms with Crippen molar-refractivity contribution in [1.82, 2.24) is 5.32 Å². The summed E-state index contributed by atoms with van der Waals surface area (Å²) in [5, 5.41) is 43.6. The highest BCUT2D eigenvalue weighted by atomic mass is 16.5. The van der Waals surface area contributed by atoms with Crippen LogP contribution >= 0.6 is 0 Å². The molecular weight excluding hydrogens is 550 g/mol. The number of allylic oxidation sites excluding steroid dienone is 4. The highest BCUT2D eigenvalue weighted by Crippen LogP contribution is 2.19. The summed E-state index contributed by atoms with van der Waals surface area (Å²) in [6, 6.07) is 0. The standard InChI is InChI=1S/C34H57NO8/c1-5-11-32-33(41)35-22-29(38)21-31(40)30(39)19-18-27(23-36)15-9-13-26(6-2)14-10-17-28(37)16-8-7-12-24(3)20-25(4)34(42)43-32/h9,13,15,20,24,26,29-32,36,38-40H,5-8,10-12,14,16-19,21-23H2,1-4H3,(H,35,41)/b13-9+,25-20-,27-15-/t24-,26+,29+,30-,31+,32?/m1/s1. The maximum Gasteiger partial charge on any atom is 0.334 e. The number of Topliss-reactive ketones (excluding diaryl/α,β-unsaturated/α-hetero) is 1. The van der Waals surface area contributed by atoms with Gasteiger partial charge < -0.3 is 30.5 Å². The molecule has 0 bridgehead atoms. The average Bonchev–Trinajstić information content (AvgIpc) is 2.97. The number of aliphatic hydroxyl groups excluding tert-OH is 4. The predicted molar refractivity (Wildman–Crippen MR) is 168 cm³/mol. The first-order valence-corrected chi connectivity index (χ1v) is 16.2. The molecule has 5 N–H and O–H groups in total. The van der Waals surface area contributed by atoms with E-state index in [1.165, 1.54) is 0 Å². The molecule has 9 heteroatoms. The number of nitrogens with one attached hydrogen (secondary N) is 1. The van der Waals surface area contributed by atoms with Crippen LogP contribution in [0, 0.1) is 11.8 Å². The summed E-state index contributed by atoms with van der Waals surface area (Å²) in [4.78, 5) is 37.9. The monoisotopic (exact) mass is 607 g/mol. The molecule has 0 aliphatic carbocycles. The summed E-state index contributed by atoms with van der Waals surface area (Å²) in [6.45, 7) is 7.31. The van der Waals surface area contributed by atoms with Crippen LogP contribution in [-0.4, -0.2) is 75.7 Å². The van der Waals surface area contributed by atoms with Gasteiger partial charge in [-0.05, 0) is 75.7 Å².